The number of carbonyl (C=O) groups is 1. The Kier molecular flexibility index (Phi) is 3.46. The van der Waals surface area contributed by atoms with Crippen molar-refractivity contribution in [2.24, 2.45) is 0 Å². The fourth-order valence-electron chi connectivity index (χ4n) is 1.61. The lowest BCUT2D eigenvalue weighted by Gasteiger charge is -2.01. The maximum Gasteiger partial charge on any atom is 0.341 e. The zero-order chi connectivity index (χ0) is 12.4. The molecule has 0 saturated carbocycles. The van der Waals surface area contributed by atoms with Crippen LogP contribution in [0, 0.1) is 3.57 Å². The SMILES string of the molecule is CCc1noc(-c2ccccc2I)c1C(=O)O. The van der Waals surface area contributed by atoms with Crippen molar-refractivity contribution in [2.75, 3.05) is 0 Å². The van der Waals surface area contributed by atoms with Gasteiger partial charge >= 0.3 is 5.97 Å². The van der Waals surface area contributed by atoms with E-state index in [0.717, 1.165) is 9.13 Å². The van der Waals surface area contributed by atoms with Gasteiger partial charge in [0, 0.05) is 9.13 Å². The van der Waals surface area contributed by atoms with E-state index in [0.29, 0.717) is 17.9 Å². The Labute approximate surface area is 112 Å². The van der Waals surface area contributed by atoms with E-state index >= 15 is 0 Å². The third-order valence-corrected chi connectivity index (χ3v) is 3.37. The molecule has 0 unspecified atom stereocenters. The van der Waals surface area contributed by atoms with Crippen molar-refractivity contribution < 1.29 is 14.4 Å². The molecule has 0 amide bonds. The van der Waals surface area contributed by atoms with Crippen molar-refractivity contribution in [1.29, 1.82) is 0 Å². The van der Waals surface area contributed by atoms with E-state index in [-0.39, 0.29) is 5.56 Å². The van der Waals surface area contributed by atoms with E-state index in [4.69, 9.17) is 4.52 Å². The standard InChI is InChI=1S/C12H10INO3/c1-2-9-10(12(15)16)11(17-14-9)7-5-3-4-6-8(7)13/h3-6H,2H2,1H3,(H,15,16). The van der Waals surface area contributed by atoms with E-state index in [9.17, 15) is 9.90 Å². The Hall–Kier alpha value is -1.37. The third-order valence-electron chi connectivity index (χ3n) is 2.43. The lowest BCUT2D eigenvalue weighted by Crippen LogP contribution is -2.01. The van der Waals surface area contributed by atoms with Gasteiger partial charge in [-0.1, -0.05) is 30.3 Å². The van der Waals surface area contributed by atoms with E-state index in [1.807, 2.05) is 31.2 Å². The van der Waals surface area contributed by atoms with Gasteiger partial charge < -0.3 is 9.63 Å². The van der Waals surface area contributed by atoms with Crippen LogP contribution in [0.2, 0.25) is 0 Å². The zero-order valence-corrected chi connectivity index (χ0v) is 11.3. The first kappa shape index (κ1) is 12.1. The van der Waals surface area contributed by atoms with Gasteiger partial charge in [-0.3, -0.25) is 0 Å². The summed E-state index contributed by atoms with van der Waals surface area (Å²) < 4.78 is 6.12. The Morgan fingerprint density at radius 3 is 2.76 bits per heavy atom. The Bertz CT molecular complexity index is 563. The Morgan fingerprint density at radius 2 is 2.18 bits per heavy atom. The van der Waals surface area contributed by atoms with Crippen molar-refractivity contribution in [3.63, 3.8) is 0 Å². The number of hydrogen-bond acceptors (Lipinski definition) is 3. The van der Waals surface area contributed by atoms with Crippen LogP contribution in [0.25, 0.3) is 11.3 Å². The molecule has 2 rings (SSSR count). The van der Waals surface area contributed by atoms with E-state index in [1.54, 1.807) is 0 Å². The normalized spacial score (nSPS) is 10.5. The summed E-state index contributed by atoms with van der Waals surface area (Å²) in [6, 6.07) is 7.46. The molecule has 1 N–H and O–H groups in total. The largest absolute Gasteiger partial charge is 0.477 e. The highest BCUT2D eigenvalue weighted by Crippen LogP contribution is 2.30. The number of benzene rings is 1. The highest BCUT2D eigenvalue weighted by Gasteiger charge is 2.23. The van der Waals surface area contributed by atoms with Crippen LogP contribution in [0.4, 0.5) is 0 Å². The lowest BCUT2D eigenvalue weighted by atomic mass is 10.1. The third kappa shape index (κ3) is 2.19. The molecule has 88 valence electrons. The summed E-state index contributed by atoms with van der Waals surface area (Å²) in [4.78, 5) is 11.2. The number of carboxylic acids is 1. The van der Waals surface area contributed by atoms with Gasteiger partial charge in [-0.15, -0.1) is 0 Å². The lowest BCUT2D eigenvalue weighted by molar-refractivity contribution is 0.0696. The van der Waals surface area contributed by atoms with Crippen molar-refractivity contribution in [2.45, 2.75) is 13.3 Å². The molecule has 0 saturated heterocycles. The predicted octanol–water partition coefficient (Wildman–Crippen LogP) is 3.21. The summed E-state index contributed by atoms with van der Waals surface area (Å²) in [5.41, 5.74) is 1.40. The molecule has 1 aromatic heterocycles. The highest BCUT2D eigenvalue weighted by atomic mass is 127. The second-order valence-electron chi connectivity index (χ2n) is 3.47. The average Bonchev–Trinajstić information content (AvgIpc) is 2.73. The molecule has 0 aliphatic carbocycles. The quantitative estimate of drug-likeness (QED) is 0.870. The minimum Gasteiger partial charge on any atom is -0.477 e. The first-order valence-electron chi connectivity index (χ1n) is 5.12. The van der Waals surface area contributed by atoms with Crippen LogP contribution in [0.1, 0.15) is 23.0 Å². The summed E-state index contributed by atoms with van der Waals surface area (Å²) in [5, 5.41) is 13.0. The second-order valence-corrected chi connectivity index (χ2v) is 4.63. The van der Waals surface area contributed by atoms with Gasteiger partial charge in [-0.2, -0.15) is 0 Å². The topological polar surface area (TPSA) is 63.3 Å². The molecule has 2 aromatic rings. The molecule has 0 radical (unpaired) electrons. The average molecular weight is 343 g/mol. The number of halogens is 1. The first-order chi connectivity index (χ1) is 8.15. The smallest absolute Gasteiger partial charge is 0.341 e. The maximum atomic E-state index is 11.2. The number of aromatic nitrogens is 1. The molecule has 0 aliphatic heterocycles. The van der Waals surface area contributed by atoms with Crippen LogP contribution in [0.3, 0.4) is 0 Å². The van der Waals surface area contributed by atoms with Crippen LogP contribution in [-0.4, -0.2) is 16.2 Å². The van der Waals surface area contributed by atoms with Crippen LogP contribution in [0.15, 0.2) is 28.8 Å². The number of hydrogen-bond donors (Lipinski definition) is 1. The molecule has 1 heterocycles. The van der Waals surface area contributed by atoms with Gasteiger partial charge in [-0.05, 0) is 35.1 Å². The van der Waals surface area contributed by atoms with Crippen LogP contribution in [0.5, 0.6) is 0 Å². The van der Waals surface area contributed by atoms with E-state index in [1.165, 1.54) is 0 Å². The van der Waals surface area contributed by atoms with Crippen molar-refractivity contribution in [3.05, 3.63) is 39.1 Å². The molecular formula is C12H10INO3. The summed E-state index contributed by atoms with van der Waals surface area (Å²) in [6.45, 7) is 1.85. The molecule has 0 aliphatic rings. The van der Waals surface area contributed by atoms with Gasteiger partial charge in [0.15, 0.2) is 5.76 Å². The van der Waals surface area contributed by atoms with E-state index < -0.39 is 5.97 Å². The highest BCUT2D eigenvalue weighted by molar-refractivity contribution is 14.1. The number of aromatic carboxylic acids is 1. The number of rotatable bonds is 3. The monoisotopic (exact) mass is 343 g/mol. The van der Waals surface area contributed by atoms with E-state index in [2.05, 4.69) is 27.7 Å². The van der Waals surface area contributed by atoms with Gasteiger partial charge in [0.2, 0.25) is 0 Å². The van der Waals surface area contributed by atoms with Gasteiger partial charge in [0.25, 0.3) is 0 Å². The molecule has 0 bridgehead atoms. The number of aryl methyl sites for hydroxylation is 1. The molecule has 0 fully saturated rings. The summed E-state index contributed by atoms with van der Waals surface area (Å²) in [5.74, 6) is -0.669. The summed E-state index contributed by atoms with van der Waals surface area (Å²) in [7, 11) is 0. The molecule has 17 heavy (non-hydrogen) atoms. The predicted molar refractivity (Wildman–Crippen MR) is 71.0 cm³/mol. The minimum absolute atomic E-state index is 0.164. The second kappa shape index (κ2) is 4.87. The number of nitrogens with zero attached hydrogens (tertiary/aromatic N) is 1. The molecule has 4 nitrogen and oxygen atoms in total. The summed E-state index contributed by atoms with van der Waals surface area (Å²) >= 11 is 2.14. The zero-order valence-electron chi connectivity index (χ0n) is 9.11. The Morgan fingerprint density at radius 1 is 1.47 bits per heavy atom. The fraction of sp³-hybridized carbons (Fsp3) is 0.167. The van der Waals surface area contributed by atoms with Crippen LogP contribution >= 0.6 is 22.6 Å². The minimum atomic E-state index is -1.00. The van der Waals surface area contributed by atoms with Gasteiger partial charge in [-0.25, -0.2) is 4.79 Å². The van der Waals surface area contributed by atoms with Gasteiger partial charge in [0.1, 0.15) is 5.56 Å². The van der Waals surface area contributed by atoms with Crippen LogP contribution in [-0.2, 0) is 6.42 Å². The van der Waals surface area contributed by atoms with Crippen molar-refractivity contribution in [1.82, 2.24) is 5.16 Å². The number of carboxylic acid groups (broad SMARTS) is 1. The summed E-state index contributed by atoms with van der Waals surface area (Å²) in [6.07, 6.45) is 0.536. The molecule has 5 heteroatoms. The molecule has 1 aromatic carbocycles. The van der Waals surface area contributed by atoms with Crippen molar-refractivity contribution >= 4 is 28.6 Å². The maximum absolute atomic E-state index is 11.2. The first-order valence-corrected chi connectivity index (χ1v) is 6.19. The van der Waals surface area contributed by atoms with Crippen molar-refractivity contribution in [3.8, 4) is 11.3 Å². The Balaban J connectivity index is 2.64. The fourth-order valence-corrected chi connectivity index (χ4v) is 2.25. The van der Waals surface area contributed by atoms with Crippen LogP contribution < -0.4 is 0 Å². The molecule has 0 atom stereocenters. The molecule has 0 spiro atoms. The molecular weight excluding hydrogens is 333 g/mol. The van der Waals surface area contributed by atoms with Gasteiger partial charge in [0.05, 0.1) is 5.69 Å².